The molecule has 1 heterocycles. The SMILES string of the molecule is CN(CC1CCOCC1)c1ccc(CO)c(C(F)(F)F)c1. The first-order chi connectivity index (χ1) is 9.91. The molecule has 0 unspecified atom stereocenters. The van der Waals surface area contributed by atoms with Gasteiger partial charge in [-0.05, 0) is 36.5 Å². The number of nitrogens with zero attached hydrogens (tertiary/aromatic N) is 1. The van der Waals surface area contributed by atoms with E-state index < -0.39 is 18.3 Å². The number of aliphatic hydroxyl groups is 1. The van der Waals surface area contributed by atoms with Crippen molar-refractivity contribution in [3.05, 3.63) is 29.3 Å². The van der Waals surface area contributed by atoms with E-state index in [1.54, 1.807) is 13.1 Å². The molecular weight excluding hydrogens is 283 g/mol. The summed E-state index contributed by atoms with van der Waals surface area (Å²) in [4.78, 5) is 1.84. The molecule has 3 nitrogen and oxygen atoms in total. The minimum absolute atomic E-state index is 0.0919. The highest BCUT2D eigenvalue weighted by molar-refractivity contribution is 5.51. The summed E-state index contributed by atoms with van der Waals surface area (Å²) < 4.78 is 44.3. The molecule has 0 bridgehead atoms. The number of anilines is 1. The molecule has 1 saturated heterocycles. The van der Waals surface area contributed by atoms with E-state index in [1.807, 2.05) is 4.90 Å². The minimum Gasteiger partial charge on any atom is -0.392 e. The average Bonchev–Trinajstić information content (AvgIpc) is 2.46. The van der Waals surface area contributed by atoms with E-state index in [9.17, 15) is 13.2 Å². The van der Waals surface area contributed by atoms with E-state index in [1.165, 1.54) is 6.07 Å². The molecule has 0 amide bonds. The van der Waals surface area contributed by atoms with Gasteiger partial charge in [0.05, 0.1) is 12.2 Å². The average molecular weight is 303 g/mol. The second-order valence-electron chi connectivity index (χ2n) is 5.43. The van der Waals surface area contributed by atoms with Crippen molar-refractivity contribution in [3.63, 3.8) is 0 Å². The molecule has 21 heavy (non-hydrogen) atoms. The Kier molecular flexibility index (Phi) is 5.11. The topological polar surface area (TPSA) is 32.7 Å². The molecule has 1 fully saturated rings. The predicted molar refractivity (Wildman–Crippen MR) is 74.2 cm³/mol. The largest absolute Gasteiger partial charge is 0.416 e. The summed E-state index contributed by atoms with van der Waals surface area (Å²) in [6.07, 6.45) is -2.58. The molecule has 0 aromatic heterocycles. The van der Waals surface area contributed by atoms with Gasteiger partial charge in [-0.25, -0.2) is 0 Å². The van der Waals surface area contributed by atoms with Crippen molar-refractivity contribution in [2.75, 3.05) is 31.7 Å². The van der Waals surface area contributed by atoms with Crippen LogP contribution in [0.5, 0.6) is 0 Å². The van der Waals surface area contributed by atoms with Crippen LogP contribution in [0.4, 0.5) is 18.9 Å². The minimum atomic E-state index is -4.45. The van der Waals surface area contributed by atoms with Gasteiger partial charge in [0.15, 0.2) is 0 Å². The lowest BCUT2D eigenvalue weighted by atomic mass is 9.99. The molecule has 1 N–H and O–H groups in total. The number of hydrogen-bond donors (Lipinski definition) is 1. The third-order valence-corrected chi connectivity index (χ3v) is 3.88. The lowest BCUT2D eigenvalue weighted by Gasteiger charge is -2.29. The summed E-state index contributed by atoms with van der Waals surface area (Å²) >= 11 is 0. The van der Waals surface area contributed by atoms with Crippen LogP contribution in [0.15, 0.2) is 18.2 Å². The van der Waals surface area contributed by atoms with Crippen LogP contribution >= 0.6 is 0 Å². The fraction of sp³-hybridized carbons (Fsp3) is 0.600. The van der Waals surface area contributed by atoms with Crippen LogP contribution in [0.1, 0.15) is 24.0 Å². The Labute approximate surface area is 122 Å². The Morgan fingerprint density at radius 3 is 2.52 bits per heavy atom. The van der Waals surface area contributed by atoms with Crippen molar-refractivity contribution in [3.8, 4) is 0 Å². The number of ether oxygens (including phenoxy) is 1. The number of hydrogen-bond acceptors (Lipinski definition) is 3. The molecule has 0 spiro atoms. The van der Waals surface area contributed by atoms with Gasteiger partial charge in [0.1, 0.15) is 0 Å². The first-order valence-electron chi connectivity index (χ1n) is 7.01. The van der Waals surface area contributed by atoms with Crippen LogP contribution < -0.4 is 4.90 Å². The summed E-state index contributed by atoms with van der Waals surface area (Å²) in [5.74, 6) is 0.440. The van der Waals surface area contributed by atoms with Gasteiger partial charge in [-0.1, -0.05) is 6.07 Å². The Morgan fingerprint density at radius 2 is 1.95 bits per heavy atom. The van der Waals surface area contributed by atoms with Crippen molar-refractivity contribution >= 4 is 5.69 Å². The maximum atomic E-state index is 13.0. The zero-order valence-corrected chi connectivity index (χ0v) is 12.0. The molecule has 0 atom stereocenters. The van der Waals surface area contributed by atoms with Crippen molar-refractivity contribution in [2.24, 2.45) is 5.92 Å². The maximum Gasteiger partial charge on any atom is 0.416 e. The first-order valence-corrected chi connectivity index (χ1v) is 7.01. The quantitative estimate of drug-likeness (QED) is 0.928. The zero-order chi connectivity index (χ0) is 15.5. The highest BCUT2D eigenvalue weighted by atomic mass is 19.4. The first kappa shape index (κ1) is 16.1. The van der Waals surface area contributed by atoms with Gasteiger partial charge in [0.25, 0.3) is 0 Å². The molecule has 1 aliphatic heterocycles. The third-order valence-electron chi connectivity index (χ3n) is 3.88. The van der Waals surface area contributed by atoms with E-state index in [2.05, 4.69) is 0 Å². The zero-order valence-electron chi connectivity index (χ0n) is 12.0. The van der Waals surface area contributed by atoms with Crippen LogP contribution in [0.25, 0.3) is 0 Å². The molecule has 1 aliphatic rings. The normalized spacial score (nSPS) is 17.0. The molecular formula is C15H20F3NO2. The molecule has 0 saturated carbocycles. The van der Waals surface area contributed by atoms with Crippen molar-refractivity contribution in [1.29, 1.82) is 0 Å². The summed E-state index contributed by atoms with van der Waals surface area (Å²) in [7, 11) is 1.80. The third kappa shape index (κ3) is 4.11. The van der Waals surface area contributed by atoms with Gasteiger partial charge < -0.3 is 14.7 Å². The Bertz CT molecular complexity index is 470. The summed E-state index contributed by atoms with van der Waals surface area (Å²) in [6, 6.07) is 4.09. The van der Waals surface area contributed by atoms with Gasteiger partial charge in [-0.15, -0.1) is 0 Å². The Morgan fingerprint density at radius 1 is 1.29 bits per heavy atom. The lowest BCUT2D eigenvalue weighted by Crippen LogP contribution is -2.29. The second-order valence-corrected chi connectivity index (χ2v) is 5.43. The van der Waals surface area contributed by atoms with Gasteiger partial charge in [0.2, 0.25) is 0 Å². The predicted octanol–water partition coefficient (Wildman–Crippen LogP) is 3.06. The van der Waals surface area contributed by atoms with Gasteiger partial charge in [-0.3, -0.25) is 0 Å². The fourth-order valence-corrected chi connectivity index (χ4v) is 2.63. The number of aliphatic hydroxyl groups excluding tert-OH is 1. The highest BCUT2D eigenvalue weighted by Gasteiger charge is 2.33. The fourth-order valence-electron chi connectivity index (χ4n) is 2.63. The standard InChI is InChI=1S/C15H20F3NO2/c1-19(9-11-4-6-21-7-5-11)13-3-2-12(10-20)14(8-13)15(16,17)18/h2-3,8,11,20H,4-7,9-10H2,1H3. The van der Waals surface area contributed by atoms with Crippen LogP contribution in [0.2, 0.25) is 0 Å². The smallest absolute Gasteiger partial charge is 0.392 e. The summed E-state index contributed by atoms with van der Waals surface area (Å²) in [6.45, 7) is 1.53. The van der Waals surface area contributed by atoms with Crippen LogP contribution in [0, 0.1) is 5.92 Å². The molecule has 1 aromatic rings. The Hall–Kier alpha value is -1.27. The Balaban J connectivity index is 2.15. The maximum absolute atomic E-state index is 13.0. The molecule has 6 heteroatoms. The van der Waals surface area contributed by atoms with Crippen molar-refractivity contribution in [2.45, 2.75) is 25.6 Å². The van der Waals surface area contributed by atoms with Gasteiger partial charge >= 0.3 is 6.18 Å². The molecule has 2 rings (SSSR count). The van der Waals surface area contributed by atoms with Crippen LogP contribution in [0.3, 0.4) is 0 Å². The van der Waals surface area contributed by atoms with Crippen molar-refractivity contribution in [1.82, 2.24) is 0 Å². The van der Waals surface area contributed by atoms with Gasteiger partial charge in [0, 0.05) is 32.5 Å². The number of rotatable bonds is 4. The monoisotopic (exact) mass is 303 g/mol. The molecule has 1 aromatic carbocycles. The molecule has 118 valence electrons. The van der Waals surface area contributed by atoms with E-state index in [-0.39, 0.29) is 5.56 Å². The number of benzene rings is 1. The summed E-state index contributed by atoms with van der Waals surface area (Å²) in [5.41, 5.74) is -0.335. The van der Waals surface area contributed by atoms with E-state index in [0.717, 1.165) is 32.1 Å². The van der Waals surface area contributed by atoms with Crippen molar-refractivity contribution < 1.29 is 23.0 Å². The molecule has 0 radical (unpaired) electrons. The van der Waals surface area contributed by atoms with Crippen LogP contribution in [-0.4, -0.2) is 31.9 Å². The number of halogens is 3. The van der Waals surface area contributed by atoms with E-state index in [0.29, 0.717) is 18.2 Å². The summed E-state index contributed by atoms with van der Waals surface area (Å²) in [5, 5.41) is 9.04. The molecule has 0 aliphatic carbocycles. The number of alkyl halides is 3. The van der Waals surface area contributed by atoms with Crippen LogP contribution in [-0.2, 0) is 17.5 Å². The highest BCUT2D eigenvalue weighted by Crippen LogP contribution is 2.34. The van der Waals surface area contributed by atoms with Gasteiger partial charge in [-0.2, -0.15) is 13.2 Å². The second kappa shape index (κ2) is 6.66. The lowest BCUT2D eigenvalue weighted by molar-refractivity contribution is -0.138. The van der Waals surface area contributed by atoms with E-state index in [4.69, 9.17) is 9.84 Å². The van der Waals surface area contributed by atoms with E-state index >= 15 is 0 Å².